The largest absolute Gasteiger partial charge is 0.419 e. The number of nitrogens with one attached hydrogen (secondary N) is 4. The minimum Gasteiger partial charge on any atom is -0.360 e. The predicted molar refractivity (Wildman–Crippen MR) is 129 cm³/mol. The molecule has 10 heteroatoms. The number of aromatic amines is 2. The number of halogens is 3. The Morgan fingerprint density at radius 2 is 1.83 bits per heavy atom. The van der Waals surface area contributed by atoms with Gasteiger partial charge in [-0.2, -0.15) is 18.3 Å². The first-order chi connectivity index (χ1) is 17.0. The van der Waals surface area contributed by atoms with Gasteiger partial charge in [-0.1, -0.05) is 24.3 Å². The first-order valence-electron chi connectivity index (χ1n) is 11.4. The molecule has 35 heavy (non-hydrogen) atoms. The lowest BCUT2D eigenvalue weighted by Gasteiger charge is -2.24. The van der Waals surface area contributed by atoms with Crippen LogP contribution in [-0.2, 0) is 6.18 Å². The second-order valence-electron chi connectivity index (χ2n) is 8.78. The summed E-state index contributed by atoms with van der Waals surface area (Å²) < 4.78 is 41.7. The number of hydrogen-bond donors (Lipinski definition) is 4. The molecule has 0 unspecified atom stereocenters. The van der Waals surface area contributed by atoms with Gasteiger partial charge in [0, 0.05) is 46.8 Å². The molecule has 7 nitrogen and oxygen atoms in total. The lowest BCUT2D eigenvalue weighted by molar-refractivity contribution is -0.137. The third-order valence-corrected chi connectivity index (χ3v) is 6.44. The fourth-order valence-electron chi connectivity index (χ4n) is 4.64. The molecule has 1 saturated heterocycles. The molecular formula is C25H22F3N7. The Hall–Kier alpha value is -3.92. The molecule has 0 radical (unpaired) electrons. The van der Waals surface area contributed by atoms with Crippen molar-refractivity contribution in [2.45, 2.75) is 25.1 Å². The number of piperidine rings is 1. The minimum absolute atomic E-state index is 0.0751. The van der Waals surface area contributed by atoms with Crippen molar-refractivity contribution in [3.05, 3.63) is 60.6 Å². The van der Waals surface area contributed by atoms with Crippen LogP contribution in [0, 0.1) is 0 Å². The van der Waals surface area contributed by atoms with E-state index in [0.29, 0.717) is 10.9 Å². The van der Waals surface area contributed by atoms with Crippen molar-refractivity contribution in [2.75, 3.05) is 18.4 Å². The van der Waals surface area contributed by atoms with Gasteiger partial charge in [0.15, 0.2) is 0 Å². The highest BCUT2D eigenvalue weighted by atomic mass is 19.4. The molecule has 2 aromatic carbocycles. The SMILES string of the molecule is FC(F)(F)c1cnc(N[C@H]2CCCNC2)nc1-c1c[nH]c2cc(-c3ccc4cn[nH]c4c3)ccc12. The lowest BCUT2D eigenvalue weighted by Crippen LogP contribution is -2.38. The van der Waals surface area contributed by atoms with Crippen LogP contribution in [0.25, 0.3) is 44.2 Å². The van der Waals surface area contributed by atoms with Crippen LogP contribution in [0.3, 0.4) is 0 Å². The average molecular weight is 477 g/mol. The molecule has 4 N–H and O–H groups in total. The standard InChI is InChI=1S/C25H22F3N7/c26-25(27,28)20-13-31-24(33-17-2-1-7-29-11-17)34-23(20)19-12-30-22-9-15(5-6-18(19)22)14-3-4-16-10-32-35-21(16)8-14/h3-6,8-10,12-13,17,29-30H,1-2,7,11H2,(H,32,35)(H,31,33,34)/t17-/m0/s1. The molecule has 1 aliphatic rings. The van der Waals surface area contributed by atoms with Gasteiger partial charge in [-0.25, -0.2) is 9.97 Å². The zero-order chi connectivity index (χ0) is 24.0. The summed E-state index contributed by atoms with van der Waals surface area (Å²) in [4.78, 5) is 11.4. The predicted octanol–water partition coefficient (Wildman–Crippen LogP) is 5.35. The zero-order valence-electron chi connectivity index (χ0n) is 18.6. The van der Waals surface area contributed by atoms with Crippen LogP contribution in [0.2, 0.25) is 0 Å². The summed E-state index contributed by atoms with van der Waals surface area (Å²) in [5.41, 5.74) is 2.93. The maximum Gasteiger partial charge on any atom is 0.419 e. The molecule has 178 valence electrons. The van der Waals surface area contributed by atoms with Crippen molar-refractivity contribution in [3.8, 4) is 22.4 Å². The molecule has 6 rings (SSSR count). The molecule has 1 atom stereocenters. The van der Waals surface area contributed by atoms with Gasteiger partial charge in [-0.05, 0) is 42.6 Å². The minimum atomic E-state index is -4.58. The monoisotopic (exact) mass is 477 g/mol. The maximum atomic E-state index is 13.9. The summed E-state index contributed by atoms with van der Waals surface area (Å²) in [6, 6.07) is 11.7. The van der Waals surface area contributed by atoms with E-state index in [4.69, 9.17) is 0 Å². The summed E-state index contributed by atoms with van der Waals surface area (Å²) in [5.74, 6) is 0.195. The van der Waals surface area contributed by atoms with Gasteiger partial charge in [-0.15, -0.1) is 0 Å². The Labute approximate surface area is 198 Å². The van der Waals surface area contributed by atoms with Crippen molar-refractivity contribution >= 4 is 27.8 Å². The summed E-state index contributed by atoms with van der Waals surface area (Å²) in [6.45, 7) is 1.66. The van der Waals surface area contributed by atoms with E-state index >= 15 is 0 Å². The third kappa shape index (κ3) is 4.10. The number of H-pyrrole nitrogens is 2. The van der Waals surface area contributed by atoms with E-state index < -0.39 is 11.7 Å². The van der Waals surface area contributed by atoms with E-state index in [1.807, 2.05) is 36.4 Å². The topological polar surface area (TPSA) is 94.3 Å². The molecule has 3 aromatic heterocycles. The highest BCUT2D eigenvalue weighted by Gasteiger charge is 2.36. The molecule has 1 aliphatic heterocycles. The van der Waals surface area contributed by atoms with Crippen LogP contribution >= 0.6 is 0 Å². The third-order valence-electron chi connectivity index (χ3n) is 6.44. The Bertz CT molecular complexity index is 1510. The quantitative estimate of drug-likeness (QED) is 0.280. The molecule has 0 saturated carbocycles. The Kier molecular flexibility index (Phi) is 5.18. The fourth-order valence-corrected chi connectivity index (χ4v) is 4.64. The van der Waals surface area contributed by atoms with Crippen molar-refractivity contribution in [3.63, 3.8) is 0 Å². The molecule has 1 fully saturated rings. The van der Waals surface area contributed by atoms with Gasteiger partial charge in [-0.3, -0.25) is 5.10 Å². The Morgan fingerprint density at radius 3 is 2.63 bits per heavy atom. The second-order valence-corrected chi connectivity index (χ2v) is 8.78. The van der Waals surface area contributed by atoms with E-state index in [2.05, 4.69) is 35.8 Å². The maximum absolute atomic E-state index is 13.9. The smallest absolute Gasteiger partial charge is 0.360 e. The van der Waals surface area contributed by atoms with Crippen LogP contribution in [0.1, 0.15) is 18.4 Å². The zero-order valence-corrected chi connectivity index (χ0v) is 18.6. The van der Waals surface area contributed by atoms with E-state index in [9.17, 15) is 13.2 Å². The average Bonchev–Trinajstić information content (AvgIpc) is 3.50. The number of fused-ring (bicyclic) bond motifs is 2. The number of aromatic nitrogens is 5. The summed E-state index contributed by atoms with van der Waals surface area (Å²) in [6.07, 6.45) is 1.52. The highest BCUT2D eigenvalue weighted by Crippen LogP contribution is 2.39. The van der Waals surface area contributed by atoms with Crippen molar-refractivity contribution in [1.82, 2.24) is 30.5 Å². The number of anilines is 1. The van der Waals surface area contributed by atoms with Gasteiger partial charge in [0.25, 0.3) is 0 Å². The highest BCUT2D eigenvalue weighted by molar-refractivity contribution is 5.98. The van der Waals surface area contributed by atoms with E-state index in [-0.39, 0.29) is 17.7 Å². The summed E-state index contributed by atoms with van der Waals surface area (Å²) in [7, 11) is 0. The molecular weight excluding hydrogens is 455 g/mol. The van der Waals surface area contributed by atoms with Crippen LogP contribution in [0.4, 0.5) is 19.1 Å². The number of benzene rings is 2. The summed E-state index contributed by atoms with van der Waals surface area (Å²) in [5, 5.41) is 15.1. The van der Waals surface area contributed by atoms with Crippen LogP contribution in [0.5, 0.6) is 0 Å². The molecule has 0 spiro atoms. The van der Waals surface area contributed by atoms with Gasteiger partial charge >= 0.3 is 6.18 Å². The van der Waals surface area contributed by atoms with Crippen LogP contribution in [0.15, 0.2) is 55.0 Å². The van der Waals surface area contributed by atoms with Gasteiger partial charge in [0.05, 0.1) is 17.4 Å². The molecule has 0 amide bonds. The molecule has 5 aromatic rings. The summed E-state index contributed by atoms with van der Waals surface area (Å²) >= 11 is 0. The van der Waals surface area contributed by atoms with Gasteiger partial charge in [0.2, 0.25) is 5.95 Å². The van der Waals surface area contributed by atoms with Crippen LogP contribution in [-0.4, -0.2) is 44.3 Å². The Morgan fingerprint density at radius 1 is 1.00 bits per heavy atom. The van der Waals surface area contributed by atoms with Crippen molar-refractivity contribution in [2.24, 2.45) is 0 Å². The first-order valence-corrected chi connectivity index (χ1v) is 11.4. The van der Waals surface area contributed by atoms with Crippen molar-refractivity contribution < 1.29 is 13.2 Å². The first kappa shape index (κ1) is 21.6. The number of nitrogens with zero attached hydrogens (tertiary/aromatic N) is 3. The number of hydrogen-bond acceptors (Lipinski definition) is 5. The van der Waals surface area contributed by atoms with Gasteiger partial charge < -0.3 is 15.6 Å². The second kappa shape index (κ2) is 8.38. The molecule has 0 bridgehead atoms. The van der Waals surface area contributed by atoms with Crippen LogP contribution < -0.4 is 10.6 Å². The normalized spacial score (nSPS) is 16.7. The van der Waals surface area contributed by atoms with Crippen molar-refractivity contribution in [1.29, 1.82) is 0 Å². The Balaban J connectivity index is 1.40. The van der Waals surface area contributed by atoms with E-state index in [1.54, 1.807) is 12.4 Å². The molecule has 0 aliphatic carbocycles. The number of rotatable bonds is 4. The van der Waals surface area contributed by atoms with E-state index in [1.165, 1.54) is 0 Å². The van der Waals surface area contributed by atoms with Gasteiger partial charge in [0.1, 0.15) is 5.56 Å². The van der Waals surface area contributed by atoms with E-state index in [0.717, 1.165) is 59.7 Å². The fraction of sp³-hybridized carbons (Fsp3) is 0.240. The number of alkyl halides is 3. The lowest BCUT2D eigenvalue weighted by atomic mass is 10.0. The molecule has 4 heterocycles.